The average Bonchev–Trinajstić information content (AvgIpc) is 2.92. The second-order valence-corrected chi connectivity index (χ2v) is 5.57. The number of amidine groups is 1. The first-order valence-corrected chi connectivity index (χ1v) is 6.58. The summed E-state index contributed by atoms with van der Waals surface area (Å²) in [5.41, 5.74) is 5.41. The van der Waals surface area contributed by atoms with Crippen molar-refractivity contribution in [1.82, 2.24) is 14.5 Å². The Morgan fingerprint density at radius 2 is 2.50 bits per heavy atom. The van der Waals surface area contributed by atoms with Crippen molar-refractivity contribution < 1.29 is 18.4 Å². The van der Waals surface area contributed by atoms with Crippen LogP contribution in [0.15, 0.2) is 22.4 Å². The smallest absolute Gasteiger partial charge is 0.260 e. The van der Waals surface area contributed by atoms with Gasteiger partial charge in [-0.25, -0.2) is 8.42 Å². The standard InChI is InChI=1S/C8H13N5O4S/c9-8(12-14)6-5-13(3-4-17-6)18(15,16)7-1-2-10-11-7/h1-2,6,14H,3-5H2,(H2,9,12)(H,10,11). The van der Waals surface area contributed by atoms with E-state index in [4.69, 9.17) is 15.7 Å². The Morgan fingerprint density at radius 1 is 1.72 bits per heavy atom. The third kappa shape index (κ3) is 2.30. The number of morpholine rings is 1. The van der Waals surface area contributed by atoms with Crippen LogP contribution in [0, 0.1) is 0 Å². The van der Waals surface area contributed by atoms with Gasteiger partial charge in [-0.05, 0) is 6.07 Å². The van der Waals surface area contributed by atoms with Gasteiger partial charge in [0.15, 0.2) is 10.9 Å². The Balaban J connectivity index is 2.19. The zero-order valence-electron chi connectivity index (χ0n) is 9.35. The van der Waals surface area contributed by atoms with Crippen LogP contribution >= 0.6 is 0 Å². The van der Waals surface area contributed by atoms with Crippen molar-refractivity contribution in [2.24, 2.45) is 10.9 Å². The molecule has 0 spiro atoms. The molecule has 0 saturated carbocycles. The summed E-state index contributed by atoms with van der Waals surface area (Å²) in [7, 11) is -3.65. The van der Waals surface area contributed by atoms with Gasteiger partial charge in [-0.15, -0.1) is 0 Å². The molecule has 1 saturated heterocycles. The lowest BCUT2D eigenvalue weighted by molar-refractivity contribution is 0.0354. The summed E-state index contributed by atoms with van der Waals surface area (Å²) in [5.74, 6) is -0.153. The lowest BCUT2D eigenvalue weighted by Crippen LogP contribution is -2.50. The zero-order chi connectivity index (χ0) is 13.2. The van der Waals surface area contributed by atoms with Crippen molar-refractivity contribution in [1.29, 1.82) is 0 Å². The SMILES string of the molecule is NC(=NO)C1CN(S(=O)(=O)c2ccn[nH]2)CCO1. The molecule has 1 fully saturated rings. The molecule has 2 heterocycles. The topological polar surface area (TPSA) is 134 Å². The van der Waals surface area contributed by atoms with E-state index in [2.05, 4.69) is 15.4 Å². The molecule has 1 atom stereocenters. The maximum Gasteiger partial charge on any atom is 0.260 e. The molecule has 1 aromatic rings. The molecule has 2 rings (SSSR count). The second-order valence-electron chi connectivity index (χ2n) is 3.67. The van der Waals surface area contributed by atoms with Crippen LogP contribution in [0.4, 0.5) is 0 Å². The maximum atomic E-state index is 12.2. The summed E-state index contributed by atoms with van der Waals surface area (Å²) >= 11 is 0. The number of ether oxygens (including phenoxy) is 1. The van der Waals surface area contributed by atoms with E-state index in [9.17, 15) is 8.42 Å². The van der Waals surface area contributed by atoms with Gasteiger partial charge in [0.2, 0.25) is 0 Å². The predicted molar refractivity (Wildman–Crippen MR) is 60.5 cm³/mol. The Labute approximate surface area is 103 Å². The number of hydrogen-bond donors (Lipinski definition) is 3. The summed E-state index contributed by atoms with van der Waals surface area (Å²) in [6.45, 7) is 0.377. The molecule has 100 valence electrons. The number of sulfonamides is 1. The van der Waals surface area contributed by atoms with Gasteiger partial charge in [0.05, 0.1) is 12.8 Å². The van der Waals surface area contributed by atoms with E-state index in [-0.39, 0.29) is 30.6 Å². The molecule has 1 unspecified atom stereocenters. The first-order valence-electron chi connectivity index (χ1n) is 5.14. The third-order valence-corrected chi connectivity index (χ3v) is 4.36. The van der Waals surface area contributed by atoms with Crippen LogP contribution in [-0.2, 0) is 14.8 Å². The molecule has 0 aliphatic carbocycles. The largest absolute Gasteiger partial charge is 0.409 e. The normalized spacial score (nSPS) is 23.1. The zero-order valence-corrected chi connectivity index (χ0v) is 10.2. The van der Waals surface area contributed by atoms with Gasteiger partial charge < -0.3 is 15.7 Å². The third-order valence-electron chi connectivity index (χ3n) is 2.57. The molecule has 0 radical (unpaired) electrons. The molecule has 0 amide bonds. The Bertz CT molecular complexity index is 526. The lowest BCUT2D eigenvalue weighted by atomic mass is 10.3. The van der Waals surface area contributed by atoms with Gasteiger partial charge in [-0.2, -0.15) is 9.40 Å². The van der Waals surface area contributed by atoms with Crippen molar-refractivity contribution in [3.8, 4) is 0 Å². The van der Waals surface area contributed by atoms with Gasteiger partial charge in [-0.3, -0.25) is 5.10 Å². The molecule has 1 aromatic heterocycles. The van der Waals surface area contributed by atoms with E-state index in [1.54, 1.807) is 0 Å². The molecular formula is C8H13N5O4S. The molecule has 0 bridgehead atoms. The summed E-state index contributed by atoms with van der Waals surface area (Å²) in [5, 5.41) is 17.4. The van der Waals surface area contributed by atoms with E-state index in [0.717, 1.165) is 0 Å². The molecule has 1 aliphatic heterocycles. The number of rotatable bonds is 3. The Kier molecular flexibility index (Phi) is 3.50. The average molecular weight is 275 g/mol. The Morgan fingerprint density at radius 3 is 3.11 bits per heavy atom. The number of hydrogen-bond acceptors (Lipinski definition) is 6. The van der Waals surface area contributed by atoms with Crippen molar-refractivity contribution in [2.45, 2.75) is 11.1 Å². The highest BCUT2D eigenvalue weighted by Gasteiger charge is 2.33. The molecule has 1 aliphatic rings. The Hall–Kier alpha value is -1.65. The number of nitrogens with zero attached hydrogens (tertiary/aromatic N) is 3. The minimum Gasteiger partial charge on any atom is -0.409 e. The molecule has 9 nitrogen and oxygen atoms in total. The maximum absolute atomic E-state index is 12.2. The van der Waals surface area contributed by atoms with Crippen molar-refractivity contribution >= 4 is 15.9 Å². The van der Waals surface area contributed by atoms with Gasteiger partial charge in [-0.1, -0.05) is 5.16 Å². The van der Waals surface area contributed by atoms with Crippen LogP contribution in [-0.4, -0.2) is 59.8 Å². The van der Waals surface area contributed by atoms with E-state index >= 15 is 0 Å². The minimum absolute atomic E-state index is 0.00246. The van der Waals surface area contributed by atoms with Crippen LogP contribution in [0.2, 0.25) is 0 Å². The number of H-pyrrole nitrogens is 1. The lowest BCUT2D eigenvalue weighted by Gasteiger charge is -2.30. The van der Waals surface area contributed by atoms with E-state index < -0.39 is 16.1 Å². The van der Waals surface area contributed by atoms with Crippen LogP contribution in [0.3, 0.4) is 0 Å². The molecule has 18 heavy (non-hydrogen) atoms. The quantitative estimate of drug-likeness (QED) is 0.267. The van der Waals surface area contributed by atoms with Crippen molar-refractivity contribution in [3.05, 3.63) is 12.3 Å². The highest BCUT2D eigenvalue weighted by molar-refractivity contribution is 7.89. The van der Waals surface area contributed by atoms with Crippen LogP contribution in [0.1, 0.15) is 0 Å². The van der Waals surface area contributed by atoms with Crippen LogP contribution < -0.4 is 5.73 Å². The number of aromatic nitrogens is 2. The fourth-order valence-corrected chi connectivity index (χ4v) is 2.94. The highest BCUT2D eigenvalue weighted by atomic mass is 32.2. The fourth-order valence-electron chi connectivity index (χ4n) is 1.61. The van der Waals surface area contributed by atoms with Gasteiger partial charge in [0.1, 0.15) is 6.10 Å². The van der Waals surface area contributed by atoms with Gasteiger partial charge in [0, 0.05) is 13.1 Å². The summed E-state index contributed by atoms with van der Waals surface area (Å²) in [6.07, 6.45) is 0.607. The second kappa shape index (κ2) is 4.92. The molecule has 0 aromatic carbocycles. The van der Waals surface area contributed by atoms with Crippen molar-refractivity contribution in [3.63, 3.8) is 0 Å². The van der Waals surface area contributed by atoms with Gasteiger partial charge in [0.25, 0.3) is 10.0 Å². The summed E-state index contributed by atoms with van der Waals surface area (Å²) < 4.78 is 30.7. The number of aromatic amines is 1. The van der Waals surface area contributed by atoms with E-state index in [1.165, 1.54) is 16.6 Å². The first-order chi connectivity index (χ1) is 8.55. The van der Waals surface area contributed by atoms with E-state index in [1.807, 2.05) is 0 Å². The highest BCUT2D eigenvalue weighted by Crippen LogP contribution is 2.16. The number of nitrogens with two attached hydrogens (primary N) is 1. The first kappa shape index (κ1) is 12.8. The molecule has 4 N–H and O–H groups in total. The number of oxime groups is 1. The van der Waals surface area contributed by atoms with E-state index in [0.29, 0.717) is 0 Å². The molecular weight excluding hydrogens is 262 g/mol. The van der Waals surface area contributed by atoms with Crippen LogP contribution in [0.25, 0.3) is 0 Å². The summed E-state index contributed by atoms with van der Waals surface area (Å²) in [6, 6.07) is 1.36. The van der Waals surface area contributed by atoms with Crippen molar-refractivity contribution in [2.75, 3.05) is 19.7 Å². The summed E-state index contributed by atoms with van der Waals surface area (Å²) in [4.78, 5) is 0. The number of nitrogens with one attached hydrogen (secondary N) is 1. The molecule has 10 heteroatoms. The fraction of sp³-hybridized carbons (Fsp3) is 0.500. The minimum atomic E-state index is -3.65. The predicted octanol–water partition coefficient (Wildman–Crippen LogP) is -1.45. The van der Waals surface area contributed by atoms with Gasteiger partial charge >= 0.3 is 0 Å². The monoisotopic (exact) mass is 275 g/mol. The van der Waals surface area contributed by atoms with Crippen LogP contribution in [0.5, 0.6) is 0 Å².